The number of ketones is 1. The summed E-state index contributed by atoms with van der Waals surface area (Å²) in [4.78, 5) is 13.1. The summed E-state index contributed by atoms with van der Waals surface area (Å²) in [7, 11) is 0. The van der Waals surface area contributed by atoms with Gasteiger partial charge in [0.25, 0.3) is 0 Å². The summed E-state index contributed by atoms with van der Waals surface area (Å²) in [6, 6.07) is 0. The van der Waals surface area contributed by atoms with Gasteiger partial charge in [0.05, 0.1) is 5.41 Å². The third-order valence-electron chi connectivity index (χ3n) is 5.68. The number of fused-ring (bicyclic) bond motifs is 2. The molecule has 0 saturated heterocycles. The number of hydrogen-bond donors (Lipinski definition) is 0. The molecule has 0 aromatic rings. The molecule has 0 aromatic carbocycles. The Kier molecular flexibility index (Phi) is 5.17. The number of allylic oxidation sites excluding steroid dienone is 2. The highest BCUT2D eigenvalue weighted by molar-refractivity contribution is 14.1. The number of ether oxygens (including phenoxy) is 2. The topological polar surface area (TPSA) is 35.5 Å². The van der Waals surface area contributed by atoms with Crippen LogP contribution in [0.25, 0.3) is 0 Å². The lowest BCUT2D eigenvalue weighted by molar-refractivity contribution is -0.135. The molecule has 0 aromatic heterocycles. The van der Waals surface area contributed by atoms with Gasteiger partial charge in [0.2, 0.25) is 0 Å². The molecule has 22 heavy (non-hydrogen) atoms. The van der Waals surface area contributed by atoms with Gasteiger partial charge in [0, 0.05) is 25.9 Å². The van der Waals surface area contributed by atoms with Gasteiger partial charge in [-0.2, -0.15) is 0 Å². The maximum Gasteiger partial charge on any atom is 0.199 e. The predicted molar refractivity (Wildman–Crippen MR) is 94.8 cm³/mol. The normalized spacial score (nSPS) is 37.8. The van der Waals surface area contributed by atoms with Crippen LogP contribution in [0.3, 0.4) is 0 Å². The van der Waals surface area contributed by atoms with Crippen LogP contribution in [0, 0.1) is 17.3 Å². The predicted octanol–water partition coefficient (Wildman–Crippen LogP) is 4.63. The van der Waals surface area contributed by atoms with Crippen molar-refractivity contribution in [1.29, 1.82) is 0 Å². The standard InChI is InChI=1S/C18H27IO3/c1-3-21-17-6-5-14-15(22-17)11-13-9-12(2)10-16(20)18(13,14)7-4-8-19/h12-13,17H,3-11H2,1-2H3/t12?,13-,17?,18-/m0/s1. The highest BCUT2D eigenvalue weighted by Gasteiger charge is 2.56. The van der Waals surface area contributed by atoms with Gasteiger partial charge in [-0.1, -0.05) is 29.5 Å². The molecule has 124 valence electrons. The van der Waals surface area contributed by atoms with E-state index in [4.69, 9.17) is 9.47 Å². The van der Waals surface area contributed by atoms with Gasteiger partial charge in [-0.05, 0) is 54.4 Å². The Hall–Kier alpha value is -0.100. The van der Waals surface area contributed by atoms with Crippen molar-refractivity contribution in [2.45, 2.75) is 65.1 Å². The van der Waals surface area contributed by atoms with Crippen LogP contribution in [-0.2, 0) is 14.3 Å². The molecule has 0 amide bonds. The van der Waals surface area contributed by atoms with Gasteiger partial charge in [0.15, 0.2) is 6.29 Å². The van der Waals surface area contributed by atoms with E-state index in [1.165, 1.54) is 12.0 Å². The molecule has 0 radical (unpaired) electrons. The fourth-order valence-corrected chi connectivity index (χ4v) is 5.25. The molecule has 2 aliphatic carbocycles. The second-order valence-corrected chi connectivity index (χ2v) is 8.16. The summed E-state index contributed by atoms with van der Waals surface area (Å²) < 4.78 is 12.9. The van der Waals surface area contributed by atoms with Crippen LogP contribution in [0.4, 0.5) is 0 Å². The van der Waals surface area contributed by atoms with Crippen molar-refractivity contribution in [3.8, 4) is 0 Å². The molecule has 3 rings (SSSR count). The molecule has 2 unspecified atom stereocenters. The van der Waals surface area contributed by atoms with Crippen LogP contribution in [0.5, 0.6) is 0 Å². The van der Waals surface area contributed by atoms with E-state index < -0.39 is 0 Å². The Morgan fingerprint density at radius 1 is 1.41 bits per heavy atom. The molecule has 1 saturated carbocycles. The van der Waals surface area contributed by atoms with Crippen molar-refractivity contribution in [2.24, 2.45) is 17.3 Å². The van der Waals surface area contributed by atoms with E-state index in [1.807, 2.05) is 6.92 Å². The fourth-order valence-electron chi connectivity index (χ4n) is 4.87. The highest BCUT2D eigenvalue weighted by Crippen LogP contribution is 2.59. The fraction of sp³-hybridized carbons (Fsp3) is 0.833. The zero-order valence-corrected chi connectivity index (χ0v) is 15.9. The minimum absolute atomic E-state index is 0.0990. The monoisotopic (exact) mass is 418 g/mol. The van der Waals surface area contributed by atoms with Crippen LogP contribution in [0.2, 0.25) is 0 Å². The summed E-state index contributed by atoms with van der Waals surface area (Å²) in [6.45, 7) is 4.92. The van der Waals surface area contributed by atoms with E-state index in [0.717, 1.165) is 48.7 Å². The van der Waals surface area contributed by atoms with Crippen molar-refractivity contribution in [3.63, 3.8) is 0 Å². The van der Waals surface area contributed by atoms with Crippen molar-refractivity contribution in [3.05, 3.63) is 11.3 Å². The Bertz CT molecular complexity index is 473. The summed E-state index contributed by atoms with van der Waals surface area (Å²) in [6.07, 6.45) is 6.81. The molecule has 3 aliphatic rings. The second-order valence-electron chi connectivity index (χ2n) is 7.08. The van der Waals surface area contributed by atoms with E-state index in [1.54, 1.807) is 0 Å². The first kappa shape index (κ1) is 16.7. The van der Waals surface area contributed by atoms with Crippen LogP contribution >= 0.6 is 22.6 Å². The molecule has 1 heterocycles. The Balaban J connectivity index is 1.90. The first-order valence-electron chi connectivity index (χ1n) is 8.71. The third-order valence-corrected chi connectivity index (χ3v) is 6.45. The lowest BCUT2D eigenvalue weighted by atomic mass is 9.59. The SMILES string of the molecule is CCOC1CCC2=C(C[C@@H]3CC(C)CC(=O)[C@]23CCCI)O1. The molecular formula is C18H27IO3. The van der Waals surface area contributed by atoms with E-state index in [9.17, 15) is 4.79 Å². The first-order valence-corrected chi connectivity index (χ1v) is 10.2. The van der Waals surface area contributed by atoms with Gasteiger partial charge < -0.3 is 9.47 Å². The van der Waals surface area contributed by atoms with E-state index in [0.29, 0.717) is 24.2 Å². The third kappa shape index (κ3) is 2.74. The number of alkyl halides is 1. The van der Waals surface area contributed by atoms with E-state index in [-0.39, 0.29) is 11.7 Å². The minimum atomic E-state index is -0.190. The molecular weight excluding hydrogens is 391 g/mol. The summed E-state index contributed by atoms with van der Waals surface area (Å²) in [5.41, 5.74) is 1.15. The van der Waals surface area contributed by atoms with Gasteiger partial charge in [-0.15, -0.1) is 0 Å². The van der Waals surface area contributed by atoms with Crippen LogP contribution in [-0.4, -0.2) is 23.1 Å². The van der Waals surface area contributed by atoms with Crippen LogP contribution in [0.1, 0.15) is 58.8 Å². The zero-order valence-electron chi connectivity index (χ0n) is 13.7. The molecule has 1 fully saturated rings. The van der Waals surface area contributed by atoms with Gasteiger partial charge in [-0.25, -0.2) is 0 Å². The van der Waals surface area contributed by atoms with Crippen molar-refractivity contribution < 1.29 is 14.3 Å². The second kappa shape index (κ2) is 6.80. The average Bonchev–Trinajstić information content (AvgIpc) is 2.79. The number of Topliss-reactive ketones (excluding diaryl/α,β-unsaturated/α-hetero) is 1. The van der Waals surface area contributed by atoms with Crippen molar-refractivity contribution >= 4 is 28.4 Å². The van der Waals surface area contributed by atoms with Crippen LogP contribution < -0.4 is 0 Å². The maximum absolute atomic E-state index is 13.1. The van der Waals surface area contributed by atoms with Gasteiger partial charge in [0.1, 0.15) is 11.5 Å². The molecule has 4 heteroatoms. The Labute approximate surface area is 147 Å². The molecule has 3 nitrogen and oxygen atoms in total. The van der Waals surface area contributed by atoms with Crippen molar-refractivity contribution in [2.75, 3.05) is 11.0 Å². The number of carbonyl (C=O) groups is 1. The largest absolute Gasteiger partial charge is 0.469 e. The van der Waals surface area contributed by atoms with Crippen LogP contribution in [0.15, 0.2) is 11.3 Å². The summed E-state index contributed by atoms with van der Waals surface area (Å²) >= 11 is 2.43. The molecule has 4 atom stereocenters. The molecule has 1 aliphatic heterocycles. The summed E-state index contributed by atoms with van der Waals surface area (Å²) in [5.74, 6) is 2.58. The number of rotatable bonds is 5. The van der Waals surface area contributed by atoms with Crippen molar-refractivity contribution in [1.82, 2.24) is 0 Å². The Morgan fingerprint density at radius 2 is 2.23 bits per heavy atom. The van der Waals surface area contributed by atoms with E-state index >= 15 is 0 Å². The maximum atomic E-state index is 13.1. The number of carbonyl (C=O) groups excluding carboxylic acids is 1. The average molecular weight is 418 g/mol. The molecule has 0 N–H and O–H groups in total. The van der Waals surface area contributed by atoms with Gasteiger partial charge >= 0.3 is 0 Å². The highest BCUT2D eigenvalue weighted by atomic mass is 127. The zero-order chi connectivity index (χ0) is 15.7. The quantitative estimate of drug-likeness (QED) is 0.482. The number of hydrogen-bond acceptors (Lipinski definition) is 3. The summed E-state index contributed by atoms with van der Waals surface area (Å²) in [5, 5.41) is 0. The number of halogens is 1. The smallest absolute Gasteiger partial charge is 0.199 e. The minimum Gasteiger partial charge on any atom is -0.469 e. The molecule has 0 spiro atoms. The van der Waals surface area contributed by atoms with Gasteiger partial charge in [-0.3, -0.25) is 4.79 Å². The lowest BCUT2D eigenvalue weighted by Gasteiger charge is -2.43. The van der Waals surface area contributed by atoms with E-state index in [2.05, 4.69) is 29.5 Å². The lowest BCUT2D eigenvalue weighted by Crippen LogP contribution is -2.43. The first-order chi connectivity index (χ1) is 10.6. The Morgan fingerprint density at radius 3 is 2.95 bits per heavy atom. The molecule has 0 bridgehead atoms.